The molecule has 2 N–H and O–H groups in total. The standard InChI is InChI=1S/C24H24F2N6O4/c1-5-32(2)12-13-11-29-23(30-13)31-24(33)36-15-7-6-14(21-22(15)28-9-8-27-21)18-19(25)16(34-3)10-17(35-4)20(18)26/h6-11H,5,12H2,1-4H3,(H2,29,30,31,33). The van der Waals surface area contributed by atoms with Crippen molar-refractivity contribution in [1.29, 1.82) is 0 Å². The molecule has 0 spiro atoms. The number of rotatable bonds is 8. The summed E-state index contributed by atoms with van der Waals surface area (Å²) in [6.45, 7) is 3.47. The fraction of sp³-hybridized carbons (Fsp3) is 0.250. The van der Waals surface area contributed by atoms with Gasteiger partial charge in [-0.1, -0.05) is 6.92 Å². The Balaban J connectivity index is 1.66. The average molecular weight is 498 g/mol. The first kappa shape index (κ1) is 24.8. The van der Waals surface area contributed by atoms with E-state index in [4.69, 9.17) is 14.2 Å². The monoisotopic (exact) mass is 498 g/mol. The quantitative estimate of drug-likeness (QED) is 0.368. The van der Waals surface area contributed by atoms with Crippen LogP contribution < -0.4 is 19.5 Å². The van der Waals surface area contributed by atoms with Gasteiger partial charge in [-0.3, -0.25) is 10.3 Å². The molecule has 4 aromatic rings. The highest BCUT2D eigenvalue weighted by Gasteiger charge is 2.25. The van der Waals surface area contributed by atoms with E-state index in [1.54, 1.807) is 6.20 Å². The number of carbonyl (C=O) groups excluding carboxylic acids is 1. The zero-order valence-electron chi connectivity index (χ0n) is 20.1. The van der Waals surface area contributed by atoms with E-state index in [0.717, 1.165) is 18.3 Å². The number of benzene rings is 2. The molecule has 0 aliphatic carbocycles. The third kappa shape index (κ3) is 4.89. The fourth-order valence-corrected chi connectivity index (χ4v) is 3.55. The van der Waals surface area contributed by atoms with Crippen molar-refractivity contribution < 1.29 is 27.8 Å². The lowest BCUT2D eigenvalue weighted by Gasteiger charge is -2.15. The van der Waals surface area contributed by atoms with E-state index >= 15 is 8.78 Å². The fourth-order valence-electron chi connectivity index (χ4n) is 3.55. The molecule has 4 rings (SSSR count). The molecule has 2 aromatic carbocycles. The largest absolute Gasteiger partial charge is 0.494 e. The van der Waals surface area contributed by atoms with Gasteiger partial charge in [0, 0.05) is 36.8 Å². The number of H-pyrrole nitrogens is 1. The predicted molar refractivity (Wildman–Crippen MR) is 128 cm³/mol. The van der Waals surface area contributed by atoms with Gasteiger partial charge in [-0.25, -0.2) is 23.5 Å². The lowest BCUT2D eigenvalue weighted by Crippen LogP contribution is -2.19. The number of ether oxygens (including phenoxy) is 3. The number of fused-ring (bicyclic) bond motifs is 1. The van der Waals surface area contributed by atoms with E-state index in [-0.39, 0.29) is 39.8 Å². The van der Waals surface area contributed by atoms with Gasteiger partial charge in [0.15, 0.2) is 28.9 Å². The van der Waals surface area contributed by atoms with E-state index in [9.17, 15) is 4.79 Å². The molecular weight excluding hydrogens is 474 g/mol. The minimum Gasteiger partial charge on any atom is -0.494 e. The molecule has 2 aromatic heterocycles. The van der Waals surface area contributed by atoms with Gasteiger partial charge in [-0.05, 0) is 25.7 Å². The molecule has 1 amide bonds. The number of aromatic amines is 1. The molecular formula is C24H24F2N6O4. The summed E-state index contributed by atoms with van der Waals surface area (Å²) in [4.78, 5) is 30.2. The Hall–Kier alpha value is -4.32. The van der Waals surface area contributed by atoms with Crippen LogP contribution in [0.3, 0.4) is 0 Å². The van der Waals surface area contributed by atoms with Gasteiger partial charge >= 0.3 is 6.09 Å². The molecule has 12 heteroatoms. The molecule has 36 heavy (non-hydrogen) atoms. The van der Waals surface area contributed by atoms with Crippen LogP contribution in [0.1, 0.15) is 12.6 Å². The van der Waals surface area contributed by atoms with E-state index in [1.165, 1.54) is 38.7 Å². The van der Waals surface area contributed by atoms with Crippen LogP contribution in [0.5, 0.6) is 17.2 Å². The van der Waals surface area contributed by atoms with Crippen molar-refractivity contribution in [3.63, 3.8) is 0 Å². The Bertz CT molecular complexity index is 1380. The summed E-state index contributed by atoms with van der Waals surface area (Å²) >= 11 is 0. The number of anilines is 1. The molecule has 2 heterocycles. The predicted octanol–water partition coefficient (Wildman–Crippen LogP) is 4.38. The van der Waals surface area contributed by atoms with Gasteiger partial charge < -0.3 is 24.1 Å². The molecule has 0 saturated carbocycles. The van der Waals surface area contributed by atoms with Crippen LogP contribution in [0.2, 0.25) is 0 Å². The lowest BCUT2D eigenvalue weighted by molar-refractivity contribution is 0.215. The number of carbonyl (C=O) groups is 1. The Kier molecular flexibility index (Phi) is 7.25. The Morgan fingerprint density at radius 3 is 2.36 bits per heavy atom. The number of aromatic nitrogens is 4. The van der Waals surface area contributed by atoms with Crippen LogP contribution in [-0.4, -0.2) is 58.7 Å². The van der Waals surface area contributed by atoms with Crippen molar-refractivity contribution in [3.8, 4) is 28.4 Å². The number of imidazole rings is 1. The number of methoxy groups -OCH3 is 2. The van der Waals surface area contributed by atoms with E-state index < -0.39 is 23.3 Å². The second kappa shape index (κ2) is 10.5. The maximum absolute atomic E-state index is 15.1. The first-order chi connectivity index (χ1) is 17.4. The highest BCUT2D eigenvalue weighted by atomic mass is 19.1. The maximum Gasteiger partial charge on any atom is 0.419 e. The smallest absolute Gasteiger partial charge is 0.419 e. The minimum absolute atomic E-state index is 0.0347. The van der Waals surface area contributed by atoms with Crippen LogP contribution >= 0.6 is 0 Å². The average Bonchev–Trinajstić information content (AvgIpc) is 3.31. The second-order valence-electron chi connectivity index (χ2n) is 7.73. The minimum atomic E-state index is -0.934. The first-order valence-electron chi connectivity index (χ1n) is 10.9. The van der Waals surface area contributed by atoms with Crippen LogP contribution in [0.15, 0.2) is 36.8 Å². The third-order valence-corrected chi connectivity index (χ3v) is 5.46. The van der Waals surface area contributed by atoms with Gasteiger partial charge in [0.05, 0.1) is 25.5 Å². The van der Waals surface area contributed by atoms with Crippen LogP contribution in [-0.2, 0) is 6.54 Å². The van der Waals surface area contributed by atoms with Crippen molar-refractivity contribution in [3.05, 3.63) is 54.1 Å². The number of amides is 1. The molecule has 0 aliphatic heterocycles. The Morgan fingerprint density at radius 2 is 1.72 bits per heavy atom. The van der Waals surface area contributed by atoms with Gasteiger partial charge in [0.25, 0.3) is 0 Å². The number of nitrogens with one attached hydrogen (secondary N) is 2. The van der Waals surface area contributed by atoms with Crippen molar-refractivity contribution in [1.82, 2.24) is 24.8 Å². The number of halogens is 2. The van der Waals surface area contributed by atoms with Crippen LogP contribution in [0.4, 0.5) is 19.5 Å². The van der Waals surface area contributed by atoms with E-state index in [2.05, 4.69) is 25.3 Å². The zero-order chi connectivity index (χ0) is 25.8. The number of nitrogens with zero attached hydrogens (tertiary/aromatic N) is 4. The van der Waals surface area contributed by atoms with Crippen LogP contribution in [0, 0.1) is 11.6 Å². The third-order valence-electron chi connectivity index (χ3n) is 5.46. The molecule has 0 radical (unpaired) electrons. The van der Waals surface area contributed by atoms with Crippen molar-refractivity contribution in [2.24, 2.45) is 0 Å². The van der Waals surface area contributed by atoms with Crippen molar-refractivity contribution >= 4 is 23.1 Å². The van der Waals surface area contributed by atoms with E-state index in [1.807, 2.05) is 18.9 Å². The lowest BCUT2D eigenvalue weighted by atomic mass is 10.0. The van der Waals surface area contributed by atoms with Gasteiger partial charge in [0.2, 0.25) is 5.95 Å². The van der Waals surface area contributed by atoms with Crippen molar-refractivity contribution in [2.45, 2.75) is 13.5 Å². The molecule has 0 saturated heterocycles. The highest BCUT2D eigenvalue weighted by Crippen LogP contribution is 2.41. The summed E-state index contributed by atoms with van der Waals surface area (Å²) in [5.74, 6) is -2.04. The summed E-state index contributed by atoms with van der Waals surface area (Å²) in [6.07, 6.45) is 3.59. The summed E-state index contributed by atoms with van der Waals surface area (Å²) in [7, 11) is 4.47. The number of hydrogen-bond donors (Lipinski definition) is 2. The summed E-state index contributed by atoms with van der Waals surface area (Å²) in [6, 6.07) is 3.87. The number of hydrogen-bond acceptors (Lipinski definition) is 8. The Labute approximate surface area is 205 Å². The maximum atomic E-state index is 15.1. The molecule has 188 valence electrons. The highest BCUT2D eigenvalue weighted by molar-refractivity contribution is 5.97. The molecule has 0 unspecified atom stereocenters. The van der Waals surface area contributed by atoms with Crippen LogP contribution in [0.25, 0.3) is 22.2 Å². The Morgan fingerprint density at radius 1 is 1.06 bits per heavy atom. The SMILES string of the molecule is CCN(C)Cc1c[nH]c(NC(=O)Oc2ccc(-c3c(F)c(OC)cc(OC)c3F)c3nccnc23)n1. The molecule has 10 nitrogen and oxygen atoms in total. The van der Waals surface area contributed by atoms with Gasteiger partial charge in [-0.15, -0.1) is 0 Å². The van der Waals surface area contributed by atoms with Crippen molar-refractivity contribution in [2.75, 3.05) is 33.1 Å². The normalized spacial score (nSPS) is 11.1. The second-order valence-corrected chi connectivity index (χ2v) is 7.73. The van der Waals surface area contributed by atoms with Gasteiger partial charge in [-0.2, -0.15) is 0 Å². The first-order valence-corrected chi connectivity index (χ1v) is 10.9. The van der Waals surface area contributed by atoms with E-state index in [0.29, 0.717) is 6.54 Å². The van der Waals surface area contributed by atoms with Gasteiger partial charge in [0.1, 0.15) is 11.0 Å². The molecule has 0 bridgehead atoms. The molecule has 0 aliphatic rings. The summed E-state index contributed by atoms with van der Waals surface area (Å²) < 4.78 is 45.8. The molecule has 0 fully saturated rings. The molecule has 0 atom stereocenters. The zero-order valence-corrected chi connectivity index (χ0v) is 20.1. The topological polar surface area (TPSA) is 114 Å². The summed E-state index contributed by atoms with van der Waals surface area (Å²) in [5, 5.41) is 2.51. The summed E-state index contributed by atoms with van der Waals surface area (Å²) in [5.41, 5.74) is 0.643.